The SMILES string of the molecule is CCNC(=NCC(CC)(CC)CCO)N1CC(C)C(C(=O)OC)C1.I. The van der Waals surface area contributed by atoms with Crippen molar-refractivity contribution in [3.63, 3.8) is 0 Å². The van der Waals surface area contributed by atoms with Crippen molar-refractivity contribution in [2.45, 2.75) is 47.0 Å². The lowest BCUT2D eigenvalue weighted by atomic mass is 9.79. The number of nitrogens with one attached hydrogen (secondary N) is 1. The van der Waals surface area contributed by atoms with Gasteiger partial charge < -0.3 is 20.1 Å². The molecule has 1 heterocycles. The van der Waals surface area contributed by atoms with Crippen molar-refractivity contribution in [1.29, 1.82) is 0 Å². The molecule has 2 N–H and O–H groups in total. The fourth-order valence-corrected chi connectivity index (χ4v) is 3.41. The molecule has 1 fully saturated rings. The van der Waals surface area contributed by atoms with Crippen LogP contribution in [0.1, 0.15) is 47.0 Å². The molecule has 0 aliphatic carbocycles. The van der Waals surface area contributed by atoms with Crippen LogP contribution < -0.4 is 5.32 Å². The van der Waals surface area contributed by atoms with Crippen LogP contribution in [-0.2, 0) is 9.53 Å². The zero-order valence-corrected chi connectivity index (χ0v) is 18.7. The Morgan fingerprint density at radius 3 is 2.44 bits per heavy atom. The number of hydrogen-bond donors (Lipinski definition) is 2. The Kier molecular flexibility index (Phi) is 11.7. The number of aliphatic hydroxyl groups is 1. The lowest BCUT2D eigenvalue weighted by Crippen LogP contribution is -2.41. The Morgan fingerprint density at radius 1 is 1.32 bits per heavy atom. The van der Waals surface area contributed by atoms with Gasteiger partial charge in [0.15, 0.2) is 5.96 Å². The maximum atomic E-state index is 11.9. The minimum atomic E-state index is -0.141. The first-order chi connectivity index (χ1) is 11.5. The van der Waals surface area contributed by atoms with E-state index in [4.69, 9.17) is 9.73 Å². The van der Waals surface area contributed by atoms with Gasteiger partial charge in [-0.2, -0.15) is 0 Å². The molecule has 0 amide bonds. The molecule has 0 aromatic rings. The summed E-state index contributed by atoms with van der Waals surface area (Å²) in [5, 5.41) is 12.7. The third-order valence-corrected chi connectivity index (χ3v) is 5.46. The molecule has 1 aliphatic heterocycles. The van der Waals surface area contributed by atoms with E-state index >= 15 is 0 Å². The Morgan fingerprint density at radius 2 is 1.96 bits per heavy atom. The molecule has 0 spiro atoms. The van der Waals surface area contributed by atoms with Crippen LogP contribution in [-0.4, -0.2) is 61.8 Å². The normalized spacial score (nSPS) is 21.0. The molecule has 0 aromatic carbocycles. The number of esters is 1. The largest absolute Gasteiger partial charge is 0.469 e. The highest BCUT2D eigenvalue weighted by Gasteiger charge is 2.37. The van der Waals surface area contributed by atoms with Crippen LogP contribution in [0.3, 0.4) is 0 Å². The van der Waals surface area contributed by atoms with Crippen molar-refractivity contribution in [2.24, 2.45) is 22.2 Å². The lowest BCUT2D eigenvalue weighted by molar-refractivity contribution is -0.145. The number of guanidine groups is 1. The fraction of sp³-hybridized carbons (Fsp3) is 0.889. The Balaban J connectivity index is 0.00000576. The third-order valence-electron chi connectivity index (χ3n) is 5.46. The number of carbonyl (C=O) groups is 1. The van der Waals surface area contributed by atoms with Crippen LogP contribution in [0.4, 0.5) is 0 Å². The fourth-order valence-electron chi connectivity index (χ4n) is 3.41. The summed E-state index contributed by atoms with van der Waals surface area (Å²) in [4.78, 5) is 18.9. The van der Waals surface area contributed by atoms with Gasteiger partial charge in [-0.3, -0.25) is 9.79 Å². The third kappa shape index (κ3) is 6.58. The molecule has 0 saturated carbocycles. The summed E-state index contributed by atoms with van der Waals surface area (Å²) in [6, 6.07) is 0. The number of nitrogens with zero attached hydrogens (tertiary/aromatic N) is 2. The van der Waals surface area contributed by atoms with Crippen molar-refractivity contribution in [3.05, 3.63) is 0 Å². The number of rotatable bonds is 8. The van der Waals surface area contributed by atoms with Gasteiger partial charge >= 0.3 is 5.97 Å². The predicted molar refractivity (Wildman–Crippen MR) is 112 cm³/mol. The maximum Gasteiger partial charge on any atom is 0.310 e. The van der Waals surface area contributed by atoms with Crippen LogP contribution in [0, 0.1) is 17.3 Å². The average Bonchev–Trinajstić information content (AvgIpc) is 2.98. The minimum absolute atomic E-state index is 0. The van der Waals surface area contributed by atoms with Crippen LogP contribution in [0.25, 0.3) is 0 Å². The highest BCUT2D eigenvalue weighted by molar-refractivity contribution is 14.0. The van der Waals surface area contributed by atoms with Gasteiger partial charge in [-0.25, -0.2) is 0 Å². The van der Waals surface area contributed by atoms with Crippen molar-refractivity contribution in [1.82, 2.24) is 10.2 Å². The van der Waals surface area contributed by atoms with Crippen molar-refractivity contribution >= 4 is 35.9 Å². The highest BCUT2D eigenvalue weighted by atomic mass is 127. The lowest BCUT2D eigenvalue weighted by Gasteiger charge is -2.30. The van der Waals surface area contributed by atoms with Gasteiger partial charge in [0.25, 0.3) is 0 Å². The summed E-state index contributed by atoms with van der Waals surface area (Å²) in [6.45, 7) is 11.6. The zero-order chi connectivity index (χ0) is 18.2. The van der Waals surface area contributed by atoms with E-state index < -0.39 is 0 Å². The molecule has 148 valence electrons. The molecule has 6 nitrogen and oxygen atoms in total. The van der Waals surface area contributed by atoms with Gasteiger partial charge in [0.1, 0.15) is 0 Å². The second kappa shape index (κ2) is 11.9. The number of hydrogen-bond acceptors (Lipinski definition) is 4. The molecule has 25 heavy (non-hydrogen) atoms. The number of halogens is 1. The average molecular weight is 469 g/mol. The summed E-state index contributed by atoms with van der Waals surface area (Å²) in [5.74, 6) is 0.872. The Labute approximate surface area is 169 Å². The molecule has 0 radical (unpaired) electrons. The van der Waals surface area contributed by atoms with E-state index in [-0.39, 0.29) is 53.8 Å². The Hall–Kier alpha value is -0.570. The number of aliphatic hydroxyl groups excluding tert-OH is 1. The van der Waals surface area contributed by atoms with Gasteiger partial charge in [0, 0.05) is 32.8 Å². The van der Waals surface area contributed by atoms with E-state index in [2.05, 4.69) is 31.0 Å². The second-order valence-corrected chi connectivity index (χ2v) is 6.86. The molecular weight excluding hydrogens is 433 g/mol. The quantitative estimate of drug-likeness (QED) is 0.247. The van der Waals surface area contributed by atoms with Crippen LogP contribution in [0.15, 0.2) is 4.99 Å². The minimum Gasteiger partial charge on any atom is -0.469 e. The zero-order valence-electron chi connectivity index (χ0n) is 16.4. The van der Waals surface area contributed by atoms with E-state index in [1.807, 2.05) is 6.92 Å². The van der Waals surface area contributed by atoms with Gasteiger partial charge in [-0.1, -0.05) is 20.8 Å². The summed E-state index contributed by atoms with van der Waals surface area (Å²) >= 11 is 0. The Bertz CT molecular complexity index is 428. The van der Waals surface area contributed by atoms with E-state index in [0.29, 0.717) is 13.1 Å². The second-order valence-electron chi connectivity index (χ2n) is 6.86. The number of ether oxygens (including phenoxy) is 1. The summed E-state index contributed by atoms with van der Waals surface area (Å²) < 4.78 is 4.92. The summed E-state index contributed by atoms with van der Waals surface area (Å²) in [7, 11) is 1.45. The van der Waals surface area contributed by atoms with Crippen LogP contribution >= 0.6 is 24.0 Å². The van der Waals surface area contributed by atoms with Crippen molar-refractivity contribution in [3.8, 4) is 0 Å². The number of carbonyl (C=O) groups excluding carboxylic acids is 1. The number of aliphatic imine (C=N–C) groups is 1. The molecule has 1 saturated heterocycles. The van der Waals surface area contributed by atoms with E-state index in [0.717, 1.165) is 38.3 Å². The van der Waals surface area contributed by atoms with Gasteiger partial charge in [-0.15, -0.1) is 24.0 Å². The van der Waals surface area contributed by atoms with Gasteiger partial charge in [-0.05, 0) is 37.5 Å². The molecule has 0 aromatic heterocycles. The molecular formula is C18H36IN3O3. The highest BCUT2D eigenvalue weighted by Crippen LogP contribution is 2.31. The first-order valence-electron chi connectivity index (χ1n) is 9.18. The van der Waals surface area contributed by atoms with Gasteiger partial charge in [0.05, 0.1) is 13.0 Å². The van der Waals surface area contributed by atoms with Gasteiger partial charge in [0.2, 0.25) is 0 Å². The van der Waals surface area contributed by atoms with E-state index in [1.165, 1.54) is 7.11 Å². The predicted octanol–water partition coefficient (Wildman–Crippen LogP) is 2.50. The number of methoxy groups -OCH3 is 1. The van der Waals surface area contributed by atoms with Crippen LogP contribution in [0.5, 0.6) is 0 Å². The molecule has 1 rings (SSSR count). The standard InChI is InChI=1S/C18H35N3O3.HI/c1-6-18(7-2,9-10-22)13-20-17(19-8-3)21-11-14(4)15(12-21)16(23)24-5;/h14-15,22H,6-13H2,1-5H3,(H,19,20);1H. The first kappa shape index (κ1) is 24.4. The summed E-state index contributed by atoms with van der Waals surface area (Å²) in [5.41, 5.74) is 0.0442. The van der Waals surface area contributed by atoms with E-state index in [9.17, 15) is 9.90 Å². The monoisotopic (exact) mass is 469 g/mol. The number of likely N-dealkylation sites (tertiary alicyclic amines) is 1. The topological polar surface area (TPSA) is 74.2 Å². The first-order valence-corrected chi connectivity index (χ1v) is 9.18. The molecule has 7 heteroatoms. The van der Waals surface area contributed by atoms with Crippen molar-refractivity contribution < 1.29 is 14.6 Å². The van der Waals surface area contributed by atoms with Crippen molar-refractivity contribution in [2.75, 3.05) is 39.9 Å². The summed E-state index contributed by atoms with van der Waals surface area (Å²) in [6.07, 6.45) is 2.76. The molecule has 2 unspecified atom stereocenters. The van der Waals surface area contributed by atoms with Crippen LogP contribution in [0.2, 0.25) is 0 Å². The molecule has 1 aliphatic rings. The maximum absolute atomic E-state index is 11.9. The van der Waals surface area contributed by atoms with E-state index in [1.54, 1.807) is 0 Å². The molecule has 0 bridgehead atoms. The smallest absolute Gasteiger partial charge is 0.310 e. The molecule has 2 atom stereocenters.